The average Bonchev–Trinajstić information content (AvgIpc) is 3.21. The van der Waals surface area contributed by atoms with Crippen LogP contribution in [-0.2, 0) is 28.5 Å². The quantitative estimate of drug-likeness (QED) is 0.0209. The first-order valence-corrected chi connectivity index (χ1v) is 22.4. The minimum Gasteiger partial charge on any atom is -0.462 e. The van der Waals surface area contributed by atoms with Crippen molar-refractivity contribution in [1.29, 1.82) is 0 Å². The van der Waals surface area contributed by atoms with Gasteiger partial charge in [-0.05, 0) is 70.6 Å². The molecule has 10 nitrogen and oxygen atoms in total. The maximum atomic E-state index is 12.7. The van der Waals surface area contributed by atoms with E-state index >= 15 is 0 Å². The summed E-state index contributed by atoms with van der Waals surface area (Å²) in [7, 11) is 0. The summed E-state index contributed by atoms with van der Waals surface area (Å²) in [6.45, 7) is 3.32. The number of aliphatic hydroxyl groups excluding tert-OH is 4. The molecule has 1 aliphatic rings. The van der Waals surface area contributed by atoms with Gasteiger partial charge in [0.25, 0.3) is 0 Å². The van der Waals surface area contributed by atoms with E-state index in [1.54, 1.807) is 0 Å². The molecule has 6 atom stereocenters. The van der Waals surface area contributed by atoms with Gasteiger partial charge in [-0.15, -0.1) is 0 Å². The van der Waals surface area contributed by atoms with Crippen LogP contribution in [0.1, 0.15) is 168 Å². The van der Waals surface area contributed by atoms with Crippen molar-refractivity contribution in [3.05, 3.63) is 60.8 Å². The van der Waals surface area contributed by atoms with Gasteiger partial charge < -0.3 is 39.4 Å². The summed E-state index contributed by atoms with van der Waals surface area (Å²) in [5.74, 6) is -0.889. The van der Waals surface area contributed by atoms with Crippen LogP contribution in [-0.4, -0.2) is 89.0 Å². The van der Waals surface area contributed by atoms with Crippen molar-refractivity contribution in [2.75, 3.05) is 19.8 Å². The number of carbonyl (C=O) groups excluding carboxylic acids is 2. The van der Waals surface area contributed by atoms with Crippen molar-refractivity contribution in [2.24, 2.45) is 0 Å². The second-order valence-corrected chi connectivity index (χ2v) is 15.2. The van der Waals surface area contributed by atoms with Crippen molar-refractivity contribution in [1.82, 2.24) is 0 Å². The van der Waals surface area contributed by atoms with E-state index in [0.717, 1.165) is 57.8 Å². The number of allylic oxidation sites excluding steroid dienone is 10. The molecular weight excluding hydrogens is 725 g/mol. The van der Waals surface area contributed by atoms with Gasteiger partial charge >= 0.3 is 11.9 Å². The molecule has 1 aliphatic heterocycles. The van der Waals surface area contributed by atoms with Crippen molar-refractivity contribution >= 4 is 11.9 Å². The Balaban J connectivity index is 2.40. The zero-order valence-electron chi connectivity index (χ0n) is 35.6. The first kappa shape index (κ1) is 52.4. The Labute approximate surface area is 345 Å². The maximum Gasteiger partial charge on any atom is 0.306 e. The van der Waals surface area contributed by atoms with Crippen LogP contribution in [0.15, 0.2) is 60.8 Å². The number of unbranched alkanes of at least 4 members (excludes halogenated alkanes) is 16. The number of hydrogen-bond donors (Lipinski definition) is 4. The molecule has 0 aromatic carbocycles. The van der Waals surface area contributed by atoms with Gasteiger partial charge in [0.1, 0.15) is 31.0 Å². The van der Waals surface area contributed by atoms with E-state index in [0.29, 0.717) is 19.3 Å². The monoisotopic (exact) mass is 805 g/mol. The second kappa shape index (κ2) is 37.7. The fourth-order valence-electron chi connectivity index (χ4n) is 6.31. The summed E-state index contributed by atoms with van der Waals surface area (Å²) in [6.07, 6.45) is 38.0. The first-order valence-electron chi connectivity index (χ1n) is 22.4. The first-order chi connectivity index (χ1) is 27.8. The Morgan fingerprint density at radius 3 is 1.65 bits per heavy atom. The van der Waals surface area contributed by atoms with Crippen LogP contribution < -0.4 is 0 Å². The summed E-state index contributed by atoms with van der Waals surface area (Å²) >= 11 is 0. The molecule has 0 amide bonds. The van der Waals surface area contributed by atoms with E-state index in [1.165, 1.54) is 64.2 Å². The highest BCUT2D eigenvalue weighted by Gasteiger charge is 2.44. The van der Waals surface area contributed by atoms with Gasteiger partial charge in [-0.3, -0.25) is 9.59 Å². The van der Waals surface area contributed by atoms with E-state index in [1.807, 2.05) is 6.08 Å². The minimum absolute atomic E-state index is 0.152. The van der Waals surface area contributed by atoms with Gasteiger partial charge in [-0.25, -0.2) is 0 Å². The third-order valence-corrected chi connectivity index (χ3v) is 9.90. The number of rotatable bonds is 36. The van der Waals surface area contributed by atoms with Gasteiger partial charge in [-0.2, -0.15) is 0 Å². The van der Waals surface area contributed by atoms with Crippen molar-refractivity contribution in [3.63, 3.8) is 0 Å². The van der Waals surface area contributed by atoms with Crippen molar-refractivity contribution in [2.45, 2.75) is 205 Å². The second-order valence-electron chi connectivity index (χ2n) is 15.2. The molecule has 0 bridgehead atoms. The molecule has 57 heavy (non-hydrogen) atoms. The number of hydrogen-bond acceptors (Lipinski definition) is 10. The molecule has 0 spiro atoms. The summed E-state index contributed by atoms with van der Waals surface area (Å²) < 4.78 is 22.1. The van der Waals surface area contributed by atoms with Gasteiger partial charge in [0.2, 0.25) is 0 Å². The van der Waals surface area contributed by atoms with Gasteiger partial charge in [-0.1, -0.05) is 145 Å². The molecule has 0 radical (unpaired) electrons. The van der Waals surface area contributed by atoms with Crippen LogP contribution in [0.5, 0.6) is 0 Å². The molecule has 0 aliphatic carbocycles. The van der Waals surface area contributed by atoms with Gasteiger partial charge in [0, 0.05) is 12.8 Å². The number of aliphatic hydroxyl groups is 4. The third-order valence-electron chi connectivity index (χ3n) is 9.90. The van der Waals surface area contributed by atoms with Crippen molar-refractivity contribution in [3.8, 4) is 0 Å². The average molecular weight is 805 g/mol. The van der Waals surface area contributed by atoms with Crippen LogP contribution in [0.4, 0.5) is 0 Å². The molecule has 1 saturated heterocycles. The predicted molar refractivity (Wildman–Crippen MR) is 228 cm³/mol. The number of carbonyl (C=O) groups is 2. The molecule has 328 valence electrons. The zero-order valence-corrected chi connectivity index (χ0v) is 35.6. The van der Waals surface area contributed by atoms with Crippen LogP contribution in [0.2, 0.25) is 0 Å². The van der Waals surface area contributed by atoms with Crippen LogP contribution in [0, 0.1) is 0 Å². The molecule has 10 heteroatoms. The molecule has 1 heterocycles. The Morgan fingerprint density at radius 1 is 0.561 bits per heavy atom. The zero-order chi connectivity index (χ0) is 41.6. The van der Waals surface area contributed by atoms with E-state index in [4.69, 9.17) is 18.9 Å². The number of ether oxygens (including phenoxy) is 4. The molecule has 1 rings (SSSR count). The van der Waals surface area contributed by atoms with E-state index in [2.05, 4.69) is 68.5 Å². The lowest BCUT2D eigenvalue weighted by Crippen LogP contribution is -2.59. The lowest BCUT2D eigenvalue weighted by atomic mass is 9.99. The molecule has 0 aromatic heterocycles. The largest absolute Gasteiger partial charge is 0.462 e. The molecule has 4 N–H and O–H groups in total. The Hall–Kier alpha value is -2.60. The SMILES string of the molecule is CCCCCC/C=C/C=C/CCCCCCCC(=O)OC[C@H](CO[C@@H]1O[C@H](CO)[C@H](O)C(O)C1O)OC(=O)CCC/C=C/C/C=C/C/C=C/CCCCCCCC. The topological polar surface area (TPSA) is 152 Å². The molecule has 0 saturated carbocycles. The highest BCUT2D eigenvalue weighted by Crippen LogP contribution is 2.22. The smallest absolute Gasteiger partial charge is 0.306 e. The Morgan fingerprint density at radius 2 is 1.05 bits per heavy atom. The Bertz CT molecular complexity index is 1110. The van der Waals surface area contributed by atoms with Crippen LogP contribution in [0.25, 0.3) is 0 Å². The van der Waals surface area contributed by atoms with E-state index in [9.17, 15) is 30.0 Å². The summed E-state index contributed by atoms with van der Waals surface area (Å²) in [5.41, 5.74) is 0. The summed E-state index contributed by atoms with van der Waals surface area (Å²) in [4.78, 5) is 25.3. The van der Waals surface area contributed by atoms with Crippen LogP contribution >= 0.6 is 0 Å². The fourth-order valence-corrected chi connectivity index (χ4v) is 6.31. The molecule has 2 unspecified atom stereocenters. The molecular formula is C47H80O10. The highest BCUT2D eigenvalue weighted by molar-refractivity contribution is 5.70. The normalized spacial score (nSPS) is 20.8. The lowest BCUT2D eigenvalue weighted by Gasteiger charge is -2.39. The number of esters is 2. The minimum atomic E-state index is -1.61. The molecule has 0 aromatic rings. The molecule has 1 fully saturated rings. The standard InChI is InChI=1S/C47H80O10/c1-3-5-7-9-11-13-15-17-19-20-22-24-26-28-30-32-34-36-43(50)56-40(39-55-47-46(53)45(52)44(51)41(37-48)57-47)38-54-42(49)35-33-31-29-27-25-23-21-18-16-14-12-10-8-6-4-2/h14,16-19,21-22,24,28,30,40-41,44-48,51-53H,3-13,15,20,23,25-27,29,31-39H2,1-2H3/b16-14+,19-17+,21-18+,24-22+,30-28+/t40-,41-,44+,45?,46?,47-/m1/s1. The maximum absolute atomic E-state index is 12.7. The highest BCUT2D eigenvalue weighted by atomic mass is 16.7. The summed E-state index contributed by atoms with van der Waals surface area (Å²) in [5, 5.41) is 40.0. The van der Waals surface area contributed by atoms with Gasteiger partial charge in [0.05, 0.1) is 13.2 Å². The lowest BCUT2D eigenvalue weighted by molar-refractivity contribution is -0.305. The van der Waals surface area contributed by atoms with Crippen molar-refractivity contribution < 1.29 is 49.0 Å². The van der Waals surface area contributed by atoms with E-state index in [-0.39, 0.29) is 26.1 Å². The third kappa shape index (κ3) is 29.3. The summed E-state index contributed by atoms with van der Waals surface area (Å²) in [6, 6.07) is 0. The predicted octanol–water partition coefficient (Wildman–Crippen LogP) is 9.44. The van der Waals surface area contributed by atoms with Gasteiger partial charge in [0.15, 0.2) is 12.4 Å². The Kier molecular flexibility index (Phi) is 34.6. The van der Waals surface area contributed by atoms with E-state index < -0.39 is 55.4 Å². The fraction of sp³-hybridized carbons (Fsp3) is 0.745. The van der Waals surface area contributed by atoms with Crippen LogP contribution in [0.3, 0.4) is 0 Å².